The lowest BCUT2D eigenvalue weighted by molar-refractivity contribution is -0.137. The first-order valence-electron chi connectivity index (χ1n) is 5.92. The van der Waals surface area contributed by atoms with Crippen LogP contribution in [0, 0.1) is 0 Å². The molecule has 0 radical (unpaired) electrons. The lowest BCUT2D eigenvalue weighted by atomic mass is 9.92. The molecule has 0 aliphatic carbocycles. The van der Waals surface area contributed by atoms with Gasteiger partial charge < -0.3 is 5.73 Å². The molecular weight excluding hydrogens is 251 g/mol. The van der Waals surface area contributed by atoms with E-state index in [1.165, 1.54) is 12.1 Å². The highest BCUT2D eigenvalue weighted by Gasteiger charge is 2.33. The predicted molar refractivity (Wildman–Crippen MR) is 69.5 cm³/mol. The molecule has 0 fully saturated rings. The zero-order chi connectivity index (χ0) is 14.0. The Morgan fingerprint density at radius 2 is 1.42 bits per heavy atom. The van der Waals surface area contributed by atoms with E-state index in [1.54, 1.807) is 37.3 Å². The van der Waals surface area contributed by atoms with Crippen LogP contribution in [-0.2, 0) is 6.18 Å². The second kappa shape index (κ2) is 5.05. The van der Waals surface area contributed by atoms with Gasteiger partial charge in [-0.15, -0.1) is 0 Å². The molecule has 0 bridgehead atoms. The Balaban J connectivity index is 2.67. The third-order valence-electron chi connectivity index (χ3n) is 2.97. The van der Waals surface area contributed by atoms with E-state index < -0.39 is 11.7 Å². The van der Waals surface area contributed by atoms with Crippen molar-refractivity contribution in [1.29, 1.82) is 0 Å². The summed E-state index contributed by atoms with van der Waals surface area (Å²) >= 11 is 0. The van der Waals surface area contributed by atoms with Crippen molar-refractivity contribution in [3.05, 3.63) is 59.7 Å². The van der Waals surface area contributed by atoms with Gasteiger partial charge in [0.05, 0.1) is 5.56 Å². The number of benzene rings is 2. The van der Waals surface area contributed by atoms with Gasteiger partial charge in [0.2, 0.25) is 0 Å². The molecule has 0 aromatic heterocycles. The number of nitrogens with two attached hydrogens (primary N) is 1. The molecule has 0 spiro atoms. The molecule has 0 heterocycles. The van der Waals surface area contributed by atoms with Crippen LogP contribution in [0.1, 0.15) is 24.1 Å². The highest BCUT2D eigenvalue weighted by molar-refractivity contribution is 5.71. The smallest absolute Gasteiger partial charge is 0.324 e. The molecule has 0 aliphatic rings. The summed E-state index contributed by atoms with van der Waals surface area (Å²) in [6.45, 7) is 1.76. The molecule has 1 atom stereocenters. The number of hydrogen-bond donors (Lipinski definition) is 1. The number of halogens is 3. The van der Waals surface area contributed by atoms with Crippen LogP contribution in [0.3, 0.4) is 0 Å². The molecule has 1 nitrogen and oxygen atoms in total. The van der Waals surface area contributed by atoms with Crippen molar-refractivity contribution in [3.63, 3.8) is 0 Å². The zero-order valence-electron chi connectivity index (χ0n) is 10.4. The summed E-state index contributed by atoms with van der Waals surface area (Å²) in [5, 5.41) is 0. The topological polar surface area (TPSA) is 26.0 Å². The molecule has 0 amide bonds. The Bertz CT molecular complexity index is 574. The van der Waals surface area contributed by atoms with E-state index in [0.29, 0.717) is 11.1 Å². The van der Waals surface area contributed by atoms with Gasteiger partial charge in [-0.2, -0.15) is 13.2 Å². The minimum absolute atomic E-state index is 0.169. The maximum Gasteiger partial charge on any atom is 0.417 e. The molecule has 2 aromatic carbocycles. The van der Waals surface area contributed by atoms with Crippen molar-refractivity contribution in [1.82, 2.24) is 0 Å². The number of rotatable bonds is 2. The van der Waals surface area contributed by atoms with Crippen LogP contribution in [0.4, 0.5) is 13.2 Å². The minimum Gasteiger partial charge on any atom is -0.324 e. The lowest BCUT2D eigenvalue weighted by Crippen LogP contribution is -2.10. The van der Waals surface area contributed by atoms with Crippen LogP contribution >= 0.6 is 0 Å². The second-order valence-electron chi connectivity index (χ2n) is 4.42. The first-order valence-corrected chi connectivity index (χ1v) is 5.92. The number of hydrogen-bond acceptors (Lipinski definition) is 1. The molecule has 1 unspecified atom stereocenters. The Hall–Kier alpha value is -1.81. The maximum absolute atomic E-state index is 13.0. The average molecular weight is 265 g/mol. The van der Waals surface area contributed by atoms with Gasteiger partial charge in [-0.05, 0) is 29.7 Å². The molecular formula is C15H14F3N. The monoisotopic (exact) mass is 265 g/mol. The highest BCUT2D eigenvalue weighted by atomic mass is 19.4. The minimum atomic E-state index is -4.37. The summed E-state index contributed by atoms with van der Waals surface area (Å²) < 4.78 is 39.1. The Labute approximate surface area is 109 Å². The second-order valence-corrected chi connectivity index (χ2v) is 4.42. The van der Waals surface area contributed by atoms with E-state index in [4.69, 9.17) is 5.73 Å². The lowest BCUT2D eigenvalue weighted by Gasteiger charge is -2.17. The third-order valence-corrected chi connectivity index (χ3v) is 2.97. The van der Waals surface area contributed by atoms with Crippen LogP contribution in [0.25, 0.3) is 11.1 Å². The van der Waals surface area contributed by atoms with E-state index in [0.717, 1.165) is 6.07 Å². The van der Waals surface area contributed by atoms with Crippen molar-refractivity contribution < 1.29 is 13.2 Å². The molecule has 19 heavy (non-hydrogen) atoms. The number of alkyl halides is 3. The zero-order valence-corrected chi connectivity index (χ0v) is 10.4. The largest absolute Gasteiger partial charge is 0.417 e. The van der Waals surface area contributed by atoms with Gasteiger partial charge in [0.15, 0.2) is 0 Å². The summed E-state index contributed by atoms with van der Waals surface area (Å²) in [5.74, 6) is 0. The molecule has 4 heteroatoms. The van der Waals surface area contributed by atoms with Crippen molar-refractivity contribution in [2.45, 2.75) is 19.1 Å². The fraction of sp³-hybridized carbons (Fsp3) is 0.200. The van der Waals surface area contributed by atoms with Crippen molar-refractivity contribution in [2.24, 2.45) is 5.73 Å². The molecule has 100 valence electrons. The van der Waals surface area contributed by atoms with E-state index in [-0.39, 0.29) is 11.6 Å². The first kappa shape index (κ1) is 13.6. The SMILES string of the molecule is CC(N)c1ccccc1-c1ccccc1C(F)(F)F. The molecule has 2 N–H and O–H groups in total. The van der Waals surface area contributed by atoms with E-state index >= 15 is 0 Å². The summed E-state index contributed by atoms with van der Waals surface area (Å²) in [5.41, 5.74) is 6.60. The Morgan fingerprint density at radius 1 is 0.895 bits per heavy atom. The highest BCUT2D eigenvalue weighted by Crippen LogP contribution is 2.38. The summed E-state index contributed by atoms with van der Waals surface area (Å²) in [6, 6.07) is 12.2. The fourth-order valence-corrected chi connectivity index (χ4v) is 2.10. The quantitative estimate of drug-likeness (QED) is 0.856. The first-order chi connectivity index (χ1) is 8.91. The molecule has 2 aromatic rings. The van der Waals surface area contributed by atoms with Crippen LogP contribution in [-0.4, -0.2) is 0 Å². The normalized spacial score (nSPS) is 13.3. The molecule has 0 saturated heterocycles. The summed E-state index contributed by atoms with van der Waals surface area (Å²) in [7, 11) is 0. The van der Waals surface area contributed by atoms with Gasteiger partial charge in [0.25, 0.3) is 0 Å². The van der Waals surface area contributed by atoms with Gasteiger partial charge >= 0.3 is 6.18 Å². The Morgan fingerprint density at radius 3 is 2.00 bits per heavy atom. The van der Waals surface area contributed by atoms with Gasteiger partial charge in [-0.25, -0.2) is 0 Å². The summed E-state index contributed by atoms with van der Waals surface area (Å²) in [6.07, 6.45) is -4.37. The van der Waals surface area contributed by atoms with E-state index in [1.807, 2.05) is 0 Å². The van der Waals surface area contributed by atoms with Crippen LogP contribution in [0.5, 0.6) is 0 Å². The van der Waals surface area contributed by atoms with E-state index in [9.17, 15) is 13.2 Å². The molecule has 0 aliphatic heterocycles. The standard InChI is InChI=1S/C15H14F3N/c1-10(19)11-6-2-3-7-12(11)13-8-4-5-9-14(13)15(16,17)18/h2-10H,19H2,1H3. The fourth-order valence-electron chi connectivity index (χ4n) is 2.10. The summed E-state index contributed by atoms with van der Waals surface area (Å²) in [4.78, 5) is 0. The van der Waals surface area contributed by atoms with Crippen molar-refractivity contribution in [3.8, 4) is 11.1 Å². The maximum atomic E-state index is 13.0. The van der Waals surface area contributed by atoms with Gasteiger partial charge in [-0.3, -0.25) is 0 Å². The van der Waals surface area contributed by atoms with Crippen molar-refractivity contribution in [2.75, 3.05) is 0 Å². The predicted octanol–water partition coefficient (Wildman–Crippen LogP) is 4.39. The van der Waals surface area contributed by atoms with Gasteiger partial charge in [0.1, 0.15) is 0 Å². The third kappa shape index (κ3) is 2.79. The van der Waals surface area contributed by atoms with Crippen LogP contribution in [0.2, 0.25) is 0 Å². The van der Waals surface area contributed by atoms with Gasteiger partial charge in [-0.1, -0.05) is 42.5 Å². The van der Waals surface area contributed by atoms with E-state index in [2.05, 4.69) is 0 Å². The average Bonchev–Trinajstić information content (AvgIpc) is 2.37. The van der Waals surface area contributed by atoms with Gasteiger partial charge in [0, 0.05) is 6.04 Å². The Kier molecular flexibility index (Phi) is 3.62. The molecule has 2 rings (SSSR count). The van der Waals surface area contributed by atoms with Crippen LogP contribution in [0.15, 0.2) is 48.5 Å². The van der Waals surface area contributed by atoms with Crippen molar-refractivity contribution >= 4 is 0 Å². The van der Waals surface area contributed by atoms with Crippen LogP contribution < -0.4 is 5.73 Å². The molecule has 0 saturated carbocycles.